The van der Waals surface area contributed by atoms with Crippen LogP contribution in [0.15, 0.2) is 42.6 Å². The molecule has 1 aromatic heterocycles. The fourth-order valence-electron chi connectivity index (χ4n) is 4.77. The van der Waals surface area contributed by atoms with Crippen LogP contribution in [0.25, 0.3) is 10.9 Å². The van der Waals surface area contributed by atoms with Crippen molar-refractivity contribution in [3.63, 3.8) is 0 Å². The van der Waals surface area contributed by atoms with Gasteiger partial charge < -0.3 is 14.4 Å². The van der Waals surface area contributed by atoms with Gasteiger partial charge in [-0.25, -0.2) is 9.18 Å². The van der Waals surface area contributed by atoms with Crippen LogP contribution in [0.1, 0.15) is 44.7 Å². The summed E-state index contributed by atoms with van der Waals surface area (Å²) in [7, 11) is 0. The minimum Gasteiger partial charge on any atom is -0.444 e. The molecule has 2 aromatic carbocycles. The molecular formula is C28H32ClFN4O3. The number of ether oxygens (including phenoxy) is 2. The van der Waals surface area contributed by atoms with Gasteiger partial charge in [0.05, 0.1) is 24.8 Å². The highest BCUT2D eigenvalue weighted by molar-refractivity contribution is 6.31. The van der Waals surface area contributed by atoms with Gasteiger partial charge in [-0.3, -0.25) is 4.68 Å². The van der Waals surface area contributed by atoms with E-state index < -0.39 is 5.60 Å². The Kier molecular flexibility index (Phi) is 8.05. The number of nitrogens with zero attached hydrogens (tertiary/aromatic N) is 4. The van der Waals surface area contributed by atoms with Gasteiger partial charge in [-0.15, -0.1) is 0 Å². The second-order valence-electron chi connectivity index (χ2n) is 10.5. The monoisotopic (exact) mass is 526 g/mol. The Hall–Kier alpha value is -3.15. The lowest BCUT2D eigenvalue weighted by molar-refractivity contribution is 0.00566. The van der Waals surface area contributed by atoms with Crippen molar-refractivity contribution in [2.75, 3.05) is 26.3 Å². The summed E-state index contributed by atoms with van der Waals surface area (Å²) >= 11 is 6.32. The number of piperidine rings is 1. The molecule has 0 N–H and O–H groups in total. The molecule has 1 fully saturated rings. The fourth-order valence-corrected chi connectivity index (χ4v) is 5.02. The van der Waals surface area contributed by atoms with Gasteiger partial charge in [0.2, 0.25) is 0 Å². The number of halogens is 2. The van der Waals surface area contributed by atoms with Crippen LogP contribution in [0.2, 0.25) is 5.02 Å². The molecule has 0 unspecified atom stereocenters. The van der Waals surface area contributed by atoms with Crippen LogP contribution in [0.5, 0.6) is 0 Å². The third kappa shape index (κ3) is 6.60. The quantitative estimate of drug-likeness (QED) is 0.359. The average Bonchev–Trinajstić information content (AvgIpc) is 3.24. The Morgan fingerprint density at radius 1 is 1.22 bits per heavy atom. The molecule has 196 valence electrons. The van der Waals surface area contributed by atoms with Crippen molar-refractivity contribution < 1.29 is 18.7 Å². The second kappa shape index (κ2) is 11.1. The van der Waals surface area contributed by atoms with E-state index in [4.69, 9.17) is 26.3 Å². The van der Waals surface area contributed by atoms with E-state index in [1.807, 2.05) is 51.2 Å². The predicted octanol–water partition coefficient (Wildman–Crippen LogP) is 5.88. The normalized spacial score (nSPS) is 15.5. The Bertz CT molecular complexity index is 1290. The molecule has 3 aromatic rings. The van der Waals surface area contributed by atoms with Gasteiger partial charge in [-0.1, -0.05) is 23.7 Å². The average molecular weight is 527 g/mol. The van der Waals surface area contributed by atoms with E-state index in [1.54, 1.807) is 9.58 Å². The van der Waals surface area contributed by atoms with Gasteiger partial charge in [0.25, 0.3) is 0 Å². The lowest BCUT2D eigenvalue weighted by Gasteiger charge is -2.42. The summed E-state index contributed by atoms with van der Waals surface area (Å²) in [5.41, 5.74) is 1.86. The molecule has 0 atom stereocenters. The van der Waals surface area contributed by atoms with Crippen molar-refractivity contribution in [1.82, 2.24) is 14.7 Å². The molecule has 0 radical (unpaired) electrons. The molecule has 1 aliphatic rings. The van der Waals surface area contributed by atoms with E-state index in [0.29, 0.717) is 50.6 Å². The Morgan fingerprint density at radius 3 is 2.57 bits per heavy atom. The summed E-state index contributed by atoms with van der Waals surface area (Å²) in [5.74, 6) is -0.285. The molecular weight excluding hydrogens is 495 g/mol. The maximum Gasteiger partial charge on any atom is 0.410 e. The highest BCUT2D eigenvalue weighted by Crippen LogP contribution is 2.37. The number of rotatable bonds is 7. The third-order valence-corrected chi connectivity index (χ3v) is 6.87. The SMILES string of the molecule is CC(C)(C)OC(=O)N1CCC(COCCc2cc(Cl)cc3cn(CC#N)nc23)(c2ccc(F)cc2)CC1. The van der Waals surface area contributed by atoms with Crippen molar-refractivity contribution in [3.05, 3.63) is 64.6 Å². The molecule has 1 amide bonds. The lowest BCUT2D eigenvalue weighted by Crippen LogP contribution is -2.48. The number of nitriles is 1. The summed E-state index contributed by atoms with van der Waals surface area (Å²) in [6.07, 6.45) is 3.46. The zero-order valence-corrected chi connectivity index (χ0v) is 22.2. The lowest BCUT2D eigenvalue weighted by atomic mass is 9.73. The summed E-state index contributed by atoms with van der Waals surface area (Å²) in [4.78, 5) is 14.3. The van der Waals surface area contributed by atoms with E-state index in [0.717, 1.165) is 22.0 Å². The van der Waals surface area contributed by atoms with Gasteiger partial charge in [0.15, 0.2) is 0 Å². The number of hydrogen-bond acceptors (Lipinski definition) is 5. The van der Waals surface area contributed by atoms with E-state index >= 15 is 0 Å². The zero-order chi connectivity index (χ0) is 26.6. The largest absolute Gasteiger partial charge is 0.444 e. The topological polar surface area (TPSA) is 80.4 Å². The molecule has 0 saturated carbocycles. The van der Waals surface area contributed by atoms with Crippen molar-refractivity contribution in [2.45, 2.75) is 57.6 Å². The summed E-state index contributed by atoms with van der Waals surface area (Å²) in [6.45, 7) is 7.67. The van der Waals surface area contributed by atoms with Crippen LogP contribution in [-0.2, 0) is 27.9 Å². The standard InChI is InChI=1S/C28H32ClFN4O3/c1-27(2,3)37-26(35)33-12-9-28(10-13-33,22-4-6-24(30)7-5-22)19-36-15-8-20-16-23(29)17-21-18-34(14-11-31)32-25(20)21/h4-7,16-18H,8-10,12-15,19H2,1-3H3. The molecule has 2 heterocycles. The van der Waals surface area contributed by atoms with Crippen LogP contribution in [0.3, 0.4) is 0 Å². The minimum absolute atomic E-state index is 0.169. The Labute approximate surface area is 221 Å². The first-order valence-corrected chi connectivity index (χ1v) is 12.8. The molecule has 9 heteroatoms. The number of benzene rings is 2. The van der Waals surface area contributed by atoms with Crippen molar-refractivity contribution >= 4 is 28.6 Å². The van der Waals surface area contributed by atoms with Gasteiger partial charge in [0.1, 0.15) is 18.0 Å². The van der Waals surface area contributed by atoms with Crippen LogP contribution in [-0.4, -0.2) is 52.7 Å². The predicted molar refractivity (Wildman–Crippen MR) is 140 cm³/mol. The van der Waals surface area contributed by atoms with Crippen LogP contribution in [0, 0.1) is 17.1 Å². The van der Waals surface area contributed by atoms with E-state index in [-0.39, 0.29) is 23.9 Å². The molecule has 0 aliphatic carbocycles. The van der Waals surface area contributed by atoms with Crippen LogP contribution >= 0.6 is 11.6 Å². The number of aromatic nitrogens is 2. The highest BCUT2D eigenvalue weighted by atomic mass is 35.5. The number of hydrogen-bond donors (Lipinski definition) is 0. The molecule has 1 aliphatic heterocycles. The smallest absolute Gasteiger partial charge is 0.410 e. The molecule has 4 rings (SSSR count). The molecule has 7 nitrogen and oxygen atoms in total. The number of likely N-dealkylation sites (tertiary alicyclic amines) is 1. The van der Waals surface area contributed by atoms with E-state index in [1.165, 1.54) is 12.1 Å². The van der Waals surface area contributed by atoms with Crippen molar-refractivity contribution in [2.24, 2.45) is 0 Å². The van der Waals surface area contributed by atoms with Crippen LogP contribution in [0.4, 0.5) is 9.18 Å². The first kappa shape index (κ1) is 26.9. The second-order valence-corrected chi connectivity index (χ2v) is 11.0. The van der Waals surface area contributed by atoms with Gasteiger partial charge in [0, 0.05) is 35.1 Å². The summed E-state index contributed by atoms with van der Waals surface area (Å²) in [5, 5.41) is 15.0. The van der Waals surface area contributed by atoms with E-state index in [9.17, 15) is 9.18 Å². The maximum atomic E-state index is 13.7. The first-order chi connectivity index (χ1) is 17.6. The number of carbonyl (C=O) groups excluding carboxylic acids is 1. The van der Waals surface area contributed by atoms with Gasteiger partial charge in [-0.05, 0) is 75.4 Å². The van der Waals surface area contributed by atoms with Gasteiger partial charge >= 0.3 is 6.09 Å². The Balaban J connectivity index is 1.45. The highest BCUT2D eigenvalue weighted by Gasteiger charge is 2.39. The third-order valence-electron chi connectivity index (χ3n) is 6.66. The maximum absolute atomic E-state index is 13.7. The zero-order valence-electron chi connectivity index (χ0n) is 21.5. The number of fused-ring (bicyclic) bond motifs is 1. The van der Waals surface area contributed by atoms with E-state index in [2.05, 4.69) is 11.2 Å². The van der Waals surface area contributed by atoms with Crippen molar-refractivity contribution in [1.29, 1.82) is 5.26 Å². The molecule has 0 bridgehead atoms. The first-order valence-electron chi connectivity index (χ1n) is 12.4. The number of carbonyl (C=O) groups is 1. The fraction of sp³-hybridized carbons (Fsp3) is 0.464. The summed E-state index contributed by atoms with van der Waals surface area (Å²) in [6, 6.07) is 12.4. The molecule has 37 heavy (non-hydrogen) atoms. The van der Waals surface area contributed by atoms with Crippen LogP contribution < -0.4 is 0 Å². The van der Waals surface area contributed by atoms with Gasteiger partial charge in [-0.2, -0.15) is 10.4 Å². The number of amides is 1. The minimum atomic E-state index is -0.554. The molecule has 1 saturated heterocycles. The van der Waals surface area contributed by atoms with Crippen molar-refractivity contribution in [3.8, 4) is 6.07 Å². The summed E-state index contributed by atoms with van der Waals surface area (Å²) < 4.78 is 27.0. The Morgan fingerprint density at radius 2 is 1.92 bits per heavy atom. The molecule has 0 spiro atoms.